The first-order chi connectivity index (χ1) is 7.18. The predicted molar refractivity (Wildman–Crippen MR) is 54.5 cm³/mol. The zero-order valence-corrected chi connectivity index (χ0v) is 8.40. The van der Waals surface area contributed by atoms with Gasteiger partial charge in [0.05, 0.1) is 5.69 Å². The van der Waals surface area contributed by atoms with E-state index in [-0.39, 0.29) is 11.4 Å². The summed E-state index contributed by atoms with van der Waals surface area (Å²) in [5.41, 5.74) is 6.29. The van der Waals surface area contributed by atoms with Gasteiger partial charge in [0.2, 0.25) is 5.95 Å². The summed E-state index contributed by atoms with van der Waals surface area (Å²) >= 11 is 0. The summed E-state index contributed by atoms with van der Waals surface area (Å²) in [5.74, 6) is 0.329. The Morgan fingerprint density at radius 2 is 2.20 bits per heavy atom. The Bertz CT molecular complexity index is 407. The number of nitrogens with zero attached hydrogens (tertiary/aromatic N) is 2. The Morgan fingerprint density at radius 3 is 2.80 bits per heavy atom. The molecule has 2 rings (SSSR count). The lowest BCUT2D eigenvalue weighted by Crippen LogP contribution is -2.29. The number of rotatable bonds is 1. The number of piperidine rings is 1. The van der Waals surface area contributed by atoms with E-state index < -0.39 is 0 Å². The highest BCUT2D eigenvalue weighted by molar-refractivity contribution is 5.20. The van der Waals surface area contributed by atoms with Gasteiger partial charge in [-0.3, -0.25) is 5.41 Å². The van der Waals surface area contributed by atoms with Crippen molar-refractivity contribution in [2.24, 2.45) is 0 Å². The Hall–Kier alpha value is -1.56. The van der Waals surface area contributed by atoms with Gasteiger partial charge in [-0.1, -0.05) is 0 Å². The Balaban J connectivity index is 2.32. The van der Waals surface area contributed by atoms with Crippen molar-refractivity contribution in [1.82, 2.24) is 15.0 Å². The van der Waals surface area contributed by atoms with E-state index in [1.807, 2.05) is 0 Å². The first kappa shape index (κ1) is 9.97. The van der Waals surface area contributed by atoms with Crippen molar-refractivity contribution >= 4 is 5.95 Å². The molecule has 6 heteroatoms. The third-order valence-electron chi connectivity index (χ3n) is 2.73. The molecule has 1 aliphatic rings. The van der Waals surface area contributed by atoms with Crippen LogP contribution in [0, 0.1) is 5.41 Å². The summed E-state index contributed by atoms with van der Waals surface area (Å²) in [6.45, 7) is 1.93. The number of hydrogen-bond donors (Lipinski definition) is 4. The third-order valence-corrected chi connectivity index (χ3v) is 2.73. The smallest absolute Gasteiger partial charge is 0.236 e. The molecule has 0 aliphatic carbocycles. The van der Waals surface area contributed by atoms with E-state index in [0.717, 1.165) is 31.6 Å². The minimum Gasteiger partial charge on any atom is -0.423 e. The van der Waals surface area contributed by atoms with Crippen molar-refractivity contribution in [2.45, 2.75) is 18.8 Å². The lowest BCUT2D eigenvalue weighted by atomic mass is 9.94. The van der Waals surface area contributed by atoms with Gasteiger partial charge in [-0.05, 0) is 25.9 Å². The summed E-state index contributed by atoms with van der Waals surface area (Å²) < 4.78 is 0.588. The van der Waals surface area contributed by atoms with E-state index in [1.54, 1.807) is 6.07 Å². The van der Waals surface area contributed by atoms with Crippen molar-refractivity contribution < 1.29 is 5.21 Å². The second kappa shape index (κ2) is 3.90. The van der Waals surface area contributed by atoms with Crippen LogP contribution in [0.2, 0.25) is 0 Å². The molecule has 5 N–H and O–H groups in total. The molecule has 0 atom stereocenters. The summed E-state index contributed by atoms with van der Waals surface area (Å²) in [6.07, 6.45) is 2.00. The van der Waals surface area contributed by atoms with Crippen LogP contribution >= 0.6 is 0 Å². The highest BCUT2D eigenvalue weighted by Gasteiger charge is 2.17. The van der Waals surface area contributed by atoms with E-state index in [4.69, 9.17) is 11.1 Å². The van der Waals surface area contributed by atoms with Crippen molar-refractivity contribution in [3.63, 3.8) is 0 Å². The van der Waals surface area contributed by atoms with Gasteiger partial charge in [0.25, 0.3) is 0 Å². The minimum atomic E-state index is -0.0176. The fourth-order valence-electron chi connectivity index (χ4n) is 1.86. The van der Waals surface area contributed by atoms with Gasteiger partial charge in [-0.15, -0.1) is 4.73 Å². The van der Waals surface area contributed by atoms with E-state index in [1.165, 1.54) is 0 Å². The quantitative estimate of drug-likeness (QED) is 0.475. The molecule has 0 amide bonds. The van der Waals surface area contributed by atoms with Crippen LogP contribution in [-0.4, -0.2) is 28.0 Å². The second-order valence-electron chi connectivity index (χ2n) is 3.76. The highest BCUT2D eigenvalue weighted by atomic mass is 16.5. The van der Waals surface area contributed by atoms with Crippen LogP contribution < -0.4 is 16.5 Å². The number of anilines is 1. The van der Waals surface area contributed by atoms with E-state index in [0.29, 0.717) is 10.6 Å². The molecule has 0 saturated carbocycles. The minimum absolute atomic E-state index is 0.0176. The average molecular weight is 209 g/mol. The second-order valence-corrected chi connectivity index (χ2v) is 3.76. The van der Waals surface area contributed by atoms with Gasteiger partial charge in [0.1, 0.15) is 0 Å². The molecule has 15 heavy (non-hydrogen) atoms. The standard InChI is InChI=1S/C9H15N5O/c10-8-5-7(13-9(11)14(8)15)6-1-3-12-4-2-6/h5-6,10,12,15H,1-4H2,(H2,11,13). The van der Waals surface area contributed by atoms with E-state index >= 15 is 0 Å². The molecule has 1 aliphatic heterocycles. The summed E-state index contributed by atoms with van der Waals surface area (Å²) in [6, 6.07) is 1.58. The van der Waals surface area contributed by atoms with Crippen LogP contribution in [0.3, 0.4) is 0 Å². The predicted octanol–water partition coefficient (Wildman–Crippen LogP) is -0.351. The van der Waals surface area contributed by atoms with Gasteiger partial charge in [0.15, 0.2) is 5.49 Å². The fraction of sp³-hybridized carbons (Fsp3) is 0.556. The Labute approximate surface area is 87.2 Å². The number of hydrogen-bond acceptors (Lipinski definition) is 5. The molecule has 0 aromatic carbocycles. The molecule has 6 nitrogen and oxygen atoms in total. The van der Waals surface area contributed by atoms with Crippen LogP contribution in [0.25, 0.3) is 0 Å². The molecule has 1 aromatic heterocycles. The van der Waals surface area contributed by atoms with Gasteiger partial charge in [-0.2, -0.15) is 0 Å². The maximum absolute atomic E-state index is 9.26. The zero-order chi connectivity index (χ0) is 10.8. The lowest BCUT2D eigenvalue weighted by molar-refractivity contribution is 0.173. The van der Waals surface area contributed by atoms with Crippen molar-refractivity contribution in [1.29, 1.82) is 5.41 Å². The van der Waals surface area contributed by atoms with Gasteiger partial charge < -0.3 is 16.3 Å². The molecule has 82 valence electrons. The van der Waals surface area contributed by atoms with Crippen molar-refractivity contribution in [3.05, 3.63) is 17.2 Å². The first-order valence-corrected chi connectivity index (χ1v) is 5.02. The molecule has 1 fully saturated rings. The lowest BCUT2D eigenvalue weighted by Gasteiger charge is -2.22. The first-order valence-electron chi connectivity index (χ1n) is 5.02. The Morgan fingerprint density at radius 1 is 1.53 bits per heavy atom. The highest BCUT2D eigenvalue weighted by Crippen LogP contribution is 2.22. The maximum Gasteiger partial charge on any atom is 0.236 e. The monoisotopic (exact) mass is 209 g/mol. The summed E-state index contributed by atoms with van der Waals surface area (Å²) in [7, 11) is 0. The molecule has 0 unspecified atom stereocenters. The Kier molecular flexibility index (Phi) is 2.59. The van der Waals surface area contributed by atoms with Gasteiger partial charge >= 0.3 is 0 Å². The number of aromatic nitrogens is 2. The topological polar surface area (TPSA) is 100.0 Å². The maximum atomic E-state index is 9.26. The van der Waals surface area contributed by atoms with Gasteiger partial charge in [-0.25, -0.2) is 4.98 Å². The van der Waals surface area contributed by atoms with Crippen molar-refractivity contribution in [3.8, 4) is 0 Å². The van der Waals surface area contributed by atoms with Crippen LogP contribution in [0.4, 0.5) is 5.95 Å². The number of nitrogens with one attached hydrogen (secondary N) is 2. The van der Waals surface area contributed by atoms with Crippen LogP contribution in [0.1, 0.15) is 24.5 Å². The number of nitrogens with two attached hydrogens (primary N) is 1. The molecular formula is C9H15N5O. The summed E-state index contributed by atoms with van der Waals surface area (Å²) in [5, 5.41) is 20.0. The average Bonchev–Trinajstić information content (AvgIpc) is 2.26. The van der Waals surface area contributed by atoms with Gasteiger partial charge in [0, 0.05) is 12.0 Å². The van der Waals surface area contributed by atoms with Crippen molar-refractivity contribution in [2.75, 3.05) is 18.8 Å². The fourth-order valence-corrected chi connectivity index (χ4v) is 1.86. The van der Waals surface area contributed by atoms with E-state index in [2.05, 4.69) is 10.3 Å². The molecule has 0 radical (unpaired) electrons. The number of nitrogen functional groups attached to an aromatic ring is 1. The van der Waals surface area contributed by atoms with Crippen LogP contribution in [-0.2, 0) is 0 Å². The SMILES string of the molecule is N=c1cc(C2CCNCC2)nc(N)n1O. The largest absolute Gasteiger partial charge is 0.423 e. The normalized spacial score (nSPS) is 17.9. The molecule has 1 saturated heterocycles. The molecule has 1 aromatic rings. The third kappa shape index (κ3) is 1.94. The van der Waals surface area contributed by atoms with Crippen LogP contribution in [0.5, 0.6) is 0 Å². The van der Waals surface area contributed by atoms with Crippen LogP contribution in [0.15, 0.2) is 6.07 Å². The summed E-state index contributed by atoms with van der Waals surface area (Å²) in [4.78, 5) is 4.10. The molecule has 2 heterocycles. The molecule has 0 spiro atoms. The zero-order valence-electron chi connectivity index (χ0n) is 8.40. The molecular weight excluding hydrogens is 194 g/mol. The molecule has 0 bridgehead atoms. The van der Waals surface area contributed by atoms with E-state index in [9.17, 15) is 5.21 Å².